The molecule has 3 heteroatoms. The van der Waals surface area contributed by atoms with Gasteiger partial charge in [0.1, 0.15) is 11.2 Å². The predicted octanol–water partition coefficient (Wildman–Crippen LogP) is 6.65. The van der Waals surface area contributed by atoms with Crippen molar-refractivity contribution < 1.29 is 4.42 Å². The minimum absolute atomic E-state index is 0.363. The second-order valence-corrected chi connectivity index (χ2v) is 11.7. The van der Waals surface area contributed by atoms with Crippen LogP contribution in [-0.2, 0) is 12.8 Å². The van der Waals surface area contributed by atoms with E-state index in [9.17, 15) is 0 Å². The number of allylic oxidation sites excluding steroid dienone is 7. The fourth-order valence-corrected chi connectivity index (χ4v) is 7.93. The molecule has 39 heavy (non-hydrogen) atoms. The van der Waals surface area contributed by atoms with Crippen LogP contribution in [0.2, 0.25) is 0 Å². The molecule has 9 rings (SSSR count). The summed E-state index contributed by atoms with van der Waals surface area (Å²) in [5.41, 5.74) is 12.5. The summed E-state index contributed by atoms with van der Waals surface area (Å²) >= 11 is 0. The Hall–Kier alpha value is -3.98. The van der Waals surface area contributed by atoms with Crippen molar-refractivity contribution in [3.8, 4) is 0 Å². The molecule has 3 heterocycles. The predicted molar refractivity (Wildman–Crippen MR) is 160 cm³/mol. The van der Waals surface area contributed by atoms with Crippen LogP contribution in [0.15, 0.2) is 82.0 Å². The lowest BCUT2D eigenvalue weighted by Crippen LogP contribution is -2.43. The van der Waals surface area contributed by atoms with E-state index in [0.717, 1.165) is 56.8 Å². The third kappa shape index (κ3) is 3.10. The van der Waals surface area contributed by atoms with Gasteiger partial charge >= 0.3 is 0 Å². The van der Waals surface area contributed by atoms with Crippen molar-refractivity contribution in [1.82, 2.24) is 9.47 Å². The van der Waals surface area contributed by atoms with E-state index in [2.05, 4.69) is 94.5 Å². The Morgan fingerprint density at radius 2 is 1.67 bits per heavy atom. The van der Waals surface area contributed by atoms with Gasteiger partial charge in [-0.15, -0.1) is 0 Å². The summed E-state index contributed by atoms with van der Waals surface area (Å²) in [6.07, 6.45) is 32.5. The molecule has 2 aromatic heterocycles. The number of nitrogens with zero attached hydrogens (tertiary/aromatic N) is 2. The van der Waals surface area contributed by atoms with Crippen LogP contribution in [0.4, 0.5) is 0 Å². The number of hydrogen-bond donors (Lipinski definition) is 0. The summed E-state index contributed by atoms with van der Waals surface area (Å²) in [6, 6.07) is 9.70. The molecule has 0 radical (unpaired) electrons. The zero-order valence-corrected chi connectivity index (χ0v) is 22.2. The summed E-state index contributed by atoms with van der Waals surface area (Å²) in [7, 11) is 0. The van der Waals surface area contributed by atoms with Crippen molar-refractivity contribution in [2.75, 3.05) is 0 Å². The molecule has 5 aliphatic carbocycles. The molecule has 1 aliphatic heterocycles. The van der Waals surface area contributed by atoms with E-state index in [1.165, 1.54) is 61.2 Å². The largest absolute Gasteiger partial charge is 0.461 e. The van der Waals surface area contributed by atoms with Crippen molar-refractivity contribution in [1.29, 1.82) is 0 Å². The highest BCUT2D eigenvalue weighted by atomic mass is 16.3. The summed E-state index contributed by atoms with van der Waals surface area (Å²) in [5.74, 6) is 1.17. The van der Waals surface area contributed by atoms with Gasteiger partial charge in [0.2, 0.25) is 0 Å². The summed E-state index contributed by atoms with van der Waals surface area (Å²) in [4.78, 5) is 2.77. The Labute approximate surface area is 228 Å². The van der Waals surface area contributed by atoms with E-state index < -0.39 is 0 Å². The zero-order chi connectivity index (χ0) is 25.5. The second kappa shape index (κ2) is 8.26. The highest BCUT2D eigenvalue weighted by Crippen LogP contribution is 2.46. The van der Waals surface area contributed by atoms with Gasteiger partial charge in [-0.1, -0.05) is 66.8 Å². The molecule has 192 valence electrons. The molecule has 0 saturated carbocycles. The van der Waals surface area contributed by atoms with Gasteiger partial charge < -0.3 is 13.9 Å². The maximum absolute atomic E-state index is 6.28. The molecule has 3 aromatic rings. The van der Waals surface area contributed by atoms with Crippen LogP contribution >= 0.6 is 0 Å². The lowest BCUT2D eigenvalue weighted by molar-refractivity contribution is 0.259. The average Bonchev–Trinajstić information content (AvgIpc) is 3.64. The topological polar surface area (TPSA) is 21.3 Å². The first-order chi connectivity index (χ1) is 19.3. The van der Waals surface area contributed by atoms with Crippen LogP contribution in [0.25, 0.3) is 40.9 Å². The fourth-order valence-electron chi connectivity index (χ4n) is 7.93. The number of furan rings is 1. The molecule has 2 atom stereocenters. The molecule has 0 bridgehead atoms. The Kier molecular flexibility index (Phi) is 4.64. The molecule has 3 nitrogen and oxygen atoms in total. The zero-order valence-electron chi connectivity index (χ0n) is 22.2. The molecule has 0 amide bonds. The Balaban J connectivity index is 1.16. The number of hydrogen-bond acceptors (Lipinski definition) is 2. The number of aryl methyl sites for hydroxylation is 1. The maximum atomic E-state index is 6.28. The van der Waals surface area contributed by atoms with Crippen LogP contribution in [0.1, 0.15) is 61.1 Å². The van der Waals surface area contributed by atoms with Crippen LogP contribution in [0.5, 0.6) is 0 Å². The number of rotatable bonds is 2. The molecular formula is C36H32N2O. The SMILES string of the molecule is C1=CC2=C(CC1)N(C1C=c3c4c(oc3=CC1)CCC=C4)C1CC=C(n3c4c(c5ccccc53)C=CCC4)C=C21. The number of para-hydroxylation sites is 1. The maximum Gasteiger partial charge on any atom is 0.130 e. The third-order valence-corrected chi connectivity index (χ3v) is 9.59. The average molecular weight is 509 g/mol. The van der Waals surface area contributed by atoms with Gasteiger partial charge in [0.25, 0.3) is 0 Å². The van der Waals surface area contributed by atoms with Gasteiger partial charge in [-0.2, -0.15) is 0 Å². The smallest absolute Gasteiger partial charge is 0.130 e. The van der Waals surface area contributed by atoms with Crippen molar-refractivity contribution in [3.63, 3.8) is 0 Å². The minimum atomic E-state index is 0.363. The van der Waals surface area contributed by atoms with E-state index >= 15 is 0 Å². The van der Waals surface area contributed by atoms with Crippen LogP contribution in [0.3, 0.4) is 0 Å². The molecule has 6 aliphatic rings. The molecule has 1 aromatic carbocycles. The van der Waals surface area contributed by atoms with E-state index in [4.69, 9.17) is 4.42 Å². The Morgan fingerprint density at radius 3 is 2.64 bits per heavy atom. The van der Waals surface area contributed by atoms with Crippen molar-refractivity contribution in [3.05, 3.63) is 111 Å². The van der Waals surface area contributed by atoms with E-state index in [-0.39, 0.29) is 0 Å². The molecule has 0 fully saturated rings. The summed E-state index contributed by atoms with van der Waals surface area (Å²) in [6.45, 7) is 0. The van der Waals surface area contributed by atoms with Gasteiger partial charge in [-0.25, -0.2) is 0 Å². The second-order valence-electron chi connectivity index (χ2n) is 11.7. The monoisotopic (exact) mass is 508 g/mol. The Morgan fingerprint density at radius 1 is 0.821 bits per heavy atom. The van der Waals surface area contributed by atoms with Crippen LogP contribution < -0.4 is 10.6 Å². The Bertz CT molecular complexity index is 1880. The first kappa shape index (κ1) is 21.9. The van der Waals surface area contributed by atoms with Crippen LogP contribution in [-0.4, -0.2) is 21.6 Å². The summed E-state index contributed by atoms with van der Waals surface area (Å²) in [5, 5.41) is 2.68. The number of fused-ring (bicyclic) bond motifs is 8. The van der Waals surface area contributed by atoms with Gasteiger partial charge in [0.15, 0.2) is 0 Å². The molecule has 0 N–H and O–H groups in total. The van der Waals surface area contributed by atoms with Crippen molar-refractivity contribution in [2.24, 2.45) is 0 Å². The van der Waals surface area contributed by atoms with Gasteiger partial charge in [-0.05, 0) is 74.3 Å². The standard InChI is InChI=1S/C36H32N2O/c1-5-13-31-25(9-1)26-10-2-6-14-32(26)37(31)23-17-19-34-29(21-23)27-11-3-7-15-33(27)38(34)24-18-20-36-30(22-24)28-12-4-8-16-35(28)39-36/h1-5,9-13,17,20-22,24,34H,6-8,14-16,18-19H2. The highest BCUT2D eigenvalue weighted by Gasteiger charge is 2.40. The van der Waals surface area contributed by atoms with Crippen molar-refractivity contribution >= 4 is 40.9 Å². The van der Waals surface area contributed by atoms with Gasteiger partial charge in [0, 0.05) is 45.2 Å². The van der Waals surface area contributed by atoms with Crippen molar-refractivity contribution in [2.45, 2.75) is 63.5 Å². The first-order valence-corrected chi connectivity index (χ1v) is 14.7. The fraction of sp³-hybridized carbons (Fsp3) is 0.278. The molecular weight excluding hydrogens is 476 g/mol. The van der Waals surface area contributed by atoms with E-state index in [0.29, 0.717) is 12.1 Å². The van der Waals surface area contributed by atoms with E-state index in [1.54, 1.807) is 0 Å². The number of aromatic nitrogens is 1. The molecule has 0 spiro atoms. The minimum Gasteiger partial charge on any atom is -0.461 e. The van der Waals surface area contributed by atoms with E-state index in [1.807, 2.05) is 0 Å². The molecule has 0 saturated heterocycles. The first-order valence-electron chi connectivity index (χ1n) is 14.7. The lowest BCUT2D eigenvalue weighted by atomic mass is 9.91. The normalized spacial score (nSPS) is 24.4. The van der Waals surface area contributed by atoms with Gasteiger partial charge in [-0.3, -0.25) is 0 Å². The quantitative estimate of drug-likeness (QED) is 0.387. The molecule has 2 unspecified atom stereocenters. The lowest BCUT2D eigenvalue weighted by Gasteiger charge is -2.37. The highest BCUT2D eigenvalue weighted by molar-refractivity contribution is 5.95. The van der Waals surface area contributed by atoms with Crippen LogP contribution in [0, 0.1) is 0 Å². The summed E-state index contributed by atoms with van der Waals surface area (Å²) < 4.78 is 8.84. The third-order valence-electron chi connectivity index (χ3n) is 9.59. The number of benzene rings is 1. The van der Waals surface area contributed by atoms with Gasteiger partial charge in [0.05, 0.1) is 17.6 Å².